The molecule has 0 radical (unpaired) electrons. The van der Waals surface area contributed by atoms with Gasteiger partial charge in [0.2, 0.25) is 5.91 Å². The van der Waals surface area contributed by atoms with Crippen LogP contribution in [0, 0.1) is 5.82 Å². The maximum absolute atomic E-state index is 13.4. The number of amides is 1. The molecule has 0 aromatic heterocycles. The molecule has 2 N–H and O–H groups in total. The van der Waals surface area contributed by atoms with Gasteiger partial charge in [-0.1, -0.05) is 23.2 Å². The smallest absolute Gasteiger partial charge is 0.221 e. The quantitative estimate of drug-likeness (QED) is 0.792. The van der Waals surface area contributed by atoms with Crippen LogP contribution in [0.5, 0.6) is 0 Å². The molecular formula is C13H17Cl2FN2O. The van der Waals surface area contributed by atoms with Gasteiger partial charge >= 0.3 is 0 Å². The Morgan fingerprint density at radius 1 is 1.42 bits per heavy atom. The largest absolute Gasteiger partial charge is 0.356 e. The number of hydrogen-bond acceptors (Lipinski definition) is 2. The van der Waals surface area contributed by atoms with E-state index in [4.69, 9.17) is 23.2 Å². The molecule has 0 bridgehead atoms. The minimum absolute atomic E-state index is 0.0190. The summed E-state index contributed by atoms with van der Waals surface area (Å²) >= 11 is 11.9. The van der Waals surface area contributed by atoms with Crippen molar-refractivity contribution in [3.05, 3.63) is 33.6 Å². The lowest BCUT2D eigenvalue weighted by Crippen LogP contribution is -2.28. The molecule has 6 heteroatoms. The predicted molar refractivity (Wildman–Crippen MR) is 76.1 cm³/mol. The third-order valence-electron chi connectivity index (χ3n) is 2.69. The molecule has 0 saturated heterocycles. The van der Waals surface area contributed by atoms with Crippen molar-refractivity contribution < 1.29 is 9.18 Å². The number of hydrogen-bond donors (Lipinski definition) is 2. The summed E-state index contributed by atoms with van der Waals surface area (Å²) in [5, 5.41) is 6.23. The van der Waals surface area contributed by atoms with Gasteiger partial charge in [-0.3, -0.25) is 4.79 Å². The maximum Gasteiger partial charge on any atom is 0.221 e. The number of halogens is 3. The van der Waals surface area contributed by atoms with Gasteiger partial charge in [0.25, 0.3) is 0 Å². The minimum Gasteiger partial charge on any atom is -0.356 e. The highest BCUT2D eigenvalue weighted by Crippen LogP contribution is 2.32. The zero-order chi connectivity index (χ0) is 14.4. The predicted octanol–water partition coefficient (Wildman–Crippen LogP) is 3.31. The lowest BCUT2D eigenvalue weighted by Gasteiger charge is -2.17. The molecule has 0 spiro atoms. The van der Waals surface area contributed by atoms with Crippen molar-refractivity contribution in [2.24, 2.45) is 0 Å². The van der Waals surface area contributed by atoms with Crippen LogP contribution in [0.2, 0.25) is 10.0 Å². The first-order chi connectivity index (χ1) is 8.97. The third-order valence-corrected chi connectivity index (χ3v) is 3.40. The van der Waals surface area contributed by atoms with E-state index in [-0.39, 0.29) is 17.0 Å². The standard InChI is InChI=1S/C13H17Cl2FN2O/c1-3-17-11(19)6-7-18-8(2)12-9(14)4-5-10(16)13(12)15/h4-5,8,18H,3,6-7H2,1-2H3,(H,17,19). The van der Waals surface area contributed by atoms with Crippen LogP contribution in [-0.4, -0.2) is 19.0 Å². The third kappa shape index (κ3) is 4.64. The summed E-state index contributed by atoms with van der Waals surface area (Å²) in [5.74, 6) is -0.530. The van der Waals surface area contributed by atoms with E-state index in [9.17, 15) is 9.18 Å². The summed E-state index contributed by atoms with van der Waals surface area (Å²) in [6.07, 6.45) is 0.350. The van der Waals surface area contributed by atoms with E-state index in [2.05, 4.69) is 10.6 Å². The fraction of sp³-hybridized carbons (Fsp3) is 0.462. The Bertz CT molecular complexity index is 455. The van der Waals surface area contributed by atoms with E-state index in [0.29, 0.717) is 30.1 Å². The van der Waals surface area contributed by atoms with Crippen LogP contribution in [0.3, 0.4) is 0 Å². The first-order valence-electron chi connectivity index (χ1n) is 6.10. The summed E-state index contributed by atoms with van der Waals surface area (Å²) in [4.78, 5) is 11.3. The SMILES string of the molecule is CCNC(=O)CCNC(C)c1c(Cl)ccc(F)c1Cl. The van der Waals surface area contributed by atoms with Gasteiger partial charge in [0, 0.05) is 36.1 Å². The normalized spacial score (nSPS) is 12.3. The summed E-state index contributed by atoms with van der Waals surface area (Å²) in [5.41, 5.74) is 0.513. The number of carbonyl (C=O) groups excluding carboxylic acids is 1. The highest BCUT2D eigenvalue weighted by atomic mass is 35.5. The van der Waals surface area contributed by atoms with E-state index in [1.807, 2.05) is 13.8 Å². The van der Waals surface area contributed by atoms with Gasteiger partial charge in [0.15, 0.2) is 0 Å². The zero-order valence-corrected chi connectivity index (χ0v) is 12.4. The van der Waals surface area contributed by atoms with E-state index in [1.165, 1.54) is 12.1 Å². The Kier molecular flexibility index (Phi) is 6.55. The van der Waals surface area contributed by atoms with Crippen LogP contribution in [-0.2, 0) is 4.79 Å². The molecule has 1 aromatic carbocycles. The van der Waals surface area contributed by atoms with Crippen LogP contribution in [0.15, 0.2) is 12.1 Å². The maximum atomic E-state index is 13.4. The van der Waals surface area contributed by atoms with Crippen molar-refractivity contribution in [1.29, 1.82) is 0 Å². The molecule has 106 valence electrons. The van der Waals surface area contributed by atoms with Crippen LogP contribution >= 0.6 is 23.2 Å². The van der Waals surface area contributed by atoms with Gasteiger partial charge in [0.1, 0.15) is 5.82 Å². The van der Waals surface area contributed by atoms with Gasteiger partial charge in [0.05, 0.1) is 5.02 Å². The Balaban J connectivity index is 2.61. The van der Waals surface area contributed by atoms with Gasteiger partial charge < -0.3 is 10.6 Å². The van der Waals surface area contributed by atoms with E-state index in [1.54, 1.807) is 0 Å². The number of benzene rings is 1. The summed E-state index contributed by atoms with van der Waals surface area (Å²) in [6, 6.07) is 2.47. The summed E-state index contributed by atoms with van der Waals surface area (Å²) < 4.78 is 13.4. The molecule has 0 fully saturated rings. The molecular weight excluding hydrogens is 290 g/mol. The Morgan fingerprint density at radius 3 is 2.74 bits per heavy atom. The van der Waals surface area contributed by atoms with Gasteiger partial charge in [-0.05, 0) is 26.0 Å². The number of rotatable bonds is 6. The van der Waals surface area contributed by atoms with Crippen LogP contribution in [0.1, 0.15) is 31.9 Å². The molecule has 0 aliphatic rings. The summed E-state index contributed by atoms with van der Waals surface area (Å²) in [6.45, 7) is 4.76. The first kappa shape index (κ1) is 16.2. The molecule has 1 rings (SSSR count). The summed E-state index contributed by atoms with van der Waals surface area (Å²) in [7, 11) is 0. The lowest BCUT2D eigenvalue weighted by atomic mass is 10.1. The molecule has 0 saturated carbocycles. The Labute approximate surface area is 122 Å². The van der Waals surface area contributed by atoms with Crippen LogP contribution in [0.4, 0.5) is 4.39 Å². The molecule has 1 unspecified atom stereocenters. The van der Waals surface area contributed by atoms with E-state index < -0.39 is 5.82 Å². The minimum atomic E-state index is -0.501. The van der Waals surface area contributed by atoms with Crippen molar-refractivity contribution in [3.8, 4) is 0 Å². The first-order valence-corrected chi connectivity index (χ1v) is 6.86. The van der Waals surface area contributed by atoms with Gasteiger partial charge in [-0.15, -0.1) is 0 Å². The second-order valence-electron chi connectivity index (χ2n) is 4.14. The zero-order valence-electron chi connectivity index (χ0n) is 10.9. The van der Waals surface area contributed by atoms with Crippen molar-refractivity contribution in [2.75, 3.05) is 13.1 Å². The Hall–Kier alpha value is -0.840. The van der Waals surface area contributed by atoms with Gasteiger partial charge in [-0.2, -0.15) is 0 Å². The number of carbonyl (C=O) groups is 1. The second-order valence-corrected chi connectivity index (χ2v) is 4.92. The highest BCUT2D eigenvalue weighted by Gasteiger charge is 2.16. The molecule has 1 amide bonds. The average Bonchev–Trinajstić information content (AvgIpc) is 2.35. The van der Waals surface area contributed by atoms with Crippen molar-refractivity contribution >= 4 is 29.1 Å². The monoisotopic (exact) mass is 306 g/mol. The fourth-order valence-corrected chi connectivity index (χ4v) is 2.43. The average molecular weight is 307 g/mol. The van der Waals surface area contributed by atoms with Crippen molar-refractivity contribution in [1.82, 2.24) is 10.6 Å². The molecule has 0 aliphatic carbocycles. The molecule has 1 atom stereocenters. The Morgan fingerprint density at radius 2 is 2.11 bits per heavy atom. The second kappa shape index (κ2) is 7.68. The molecule has 1 aromatic rings. The fourth-order valence-electron chi connectivity index (χ4n) is 1.73. The molecule has 0 heterocycles. The van der Waals surface area contributed by atoms with Gasteiger partial charge in [-0.25, -0.2) is 4.39 Å². The van der Waals surface area contributed by atoms with Crippen LogP contribution in [0.25, 0.3) is 0 Å². The van der Waals surface area contributed by atoms with Crippen molar-refractivity contribution in [2.45, 2.75) is 26.3 Å². The molecule has 3 nitrogen and oxygen atoms in total. The van der Waals surface area contributed by atoms with Crippen LogP contribution < -0.4 is 10.6 Å². The van der Waals surface area contributed by atoms with Crippen molar-refractivity contribution in [3.63, 3.8) is 0 Å². The topological polar surface area (TPSA) is 41.1 Å². The molecule has 19 heavy (non-hydrogen) atoms. The molecule has 0 aliphatic heterocycles. The van der Waals surface area contributed by atoms with E-state index in [0.717, 1.165) is 0 Å². The highest BCUT2D eigenvalue weighted by molar-refractivity contribution is 6.36. The number of nitrogens with one attached hydrogen (secondary N) is 2. The van der Waals surface area contributed by atoms with E-state index >= 15 is 0 Å². The lowest BCUT2D eigenvalue weighted by molar-refractivity contribution is -0.120.